The van der Waals surface area contributed by atoms with Gasteiger partial charge < -0.3 is 0 Å². The second kappa shape index (κ2) is 34.5. The first-order chi connectivity index (χ1) is 45.5. The fourth-order valence-corrected chi connectivity index (χ4v) is 11.3. The molecule has 0 saturated carbocycles. The van der Waals surface area contributed by atoms with Gasteiger partial charge in [0, 0.05) is 22.2 Å². The first-order valence-corrected chi connectivity index (χ1v) is 38.5. The largest absolute Gasteiger partial charge is 0.257 e. The molecule has 0 N–H and O–H groups in total. The van der Waals surface area contributed by atoms with E-state index in [9.17, 15) is 0 Å². The van der Waals surface area contributed by atoms with Crippen molar-refractivity contribution in [1.29, 1.82) is 0 Å². The predicted octanol–water partition coefficient (Wildman–Crippen LogP) is 31.0. The summed E-state index contributed by atoms with van der Waals surface area (Å²) in [5, 5.41) is 5.49. The van der Waals surface area contributed by atoms with Crippen LogP contribution in [0.5, 0.6) is 0 Å². The maximum absolute atomic E-state index is 4.72. The molecule has 8 rings (SSSR count). The molecule has 0 amide bonds. The Labute approximate surface area is 632 Å². The number of benzene rings is 7. The van der Waals surface area contributed by atoms with E-state index in [0.717, 1.165) is 0 Å². The van der Waals surface area contributed by atoms with Gasteiger partial charge in [-0.3, -0.25) is 4.98 Å². The summed E-state index contributed by atoms with van der Waals surface area (Å²) in [6.45, 7) is 94.5. The van der Waals surface area contributed by atoms with Crippen molar-refractivity contribution in [1.82, 2.24) is 4.98 Å². The summed E-state index contributed by atoms with van der Waals surface area (Å²) in [6.07, 6.45) is 4.54. The molecule has 0 saturated heterocycles. The maximum atomic E-state index is 4.72. The summed E-state index contributed by atoms with van der Waals surface area (Å²) >= 11 is 0. The lowest BCUT2D eigenvalue weighted by molar-refractivity contribution is 0.502. The molecule has 0 fully saturated rings. The van der Waals surface area contributed by atoms with Gasteiger partial charge in [-0.2, -0.15) is 0 Å². The van der Waals surface area contributed by atoms with Gasteiger partial charge in [0.25, 0.3) is 0 Å². The third-order valence-corrected chi connectivity index (χ3v) is 18.2. The number of nitrogens with zero attached hydrogens (tertiary/aromatic N) is 1. The molecule has 0 aliphatic heterocycles. The monoisotopic (exact) mass is 1380 g/mol. The van der Waals surface area contributed by atoms with Gasteiger partial charge in [0.15, 0.2) is 0 Å². The molecule has 0 aliphatic carbocycles. The Morgan fingerprint density at radius 2 is 0.431 bits per heavy atom. The quantitative estimate of drug-likeness (QED) is 0.138. The van der Waals surface area contributed by atoms with Gasteiger partial charge in [-0.15, -0.1) is 0 Å². The van der Waals surface area contributed by atoms with E-state index in [4.69, 9.17) is 4.98 Å². The molecule has 1 aromatic heterocycles. The number of rotatable bonds is 0. The Hall–Kier alpha value is -6.05. The fourth-order valence-electron chi connectivity index (χ4n) is 11.3. The van der Waals surface area contributed by atoms with Crippen LogP contribution in [-0.4, -0.2) is 4.98 Å². The molecule has 0 radical (unpaired) electrons. The highest BCUT2D eigenvalue weighted by atomic mass is 14.7. The second-order valence-electron chi connectivity index (χ2n) is 43.7. The summed E-state index contributed by atoms with van der Waals surface area (Å²) in [7, 11) is 0. The van der Waals surface area contributed by atoms with Crippen molar-refractivity contribution >= 4 is 21.5 Å². The Morgan fingerprint density at radius 1 is 0.186 bits per heavy atom. The Balaban J connectivity index is 0.000000407. The number of hydrogen-bond acceptors (Lipinski definition) is 1. The van der Waals surface area contributed by atoms with E-state index < -0.39 is 0 Å². The van der Waals surface area contributed by atoms with Gasteiger partial charge in [-0.25, -0.2) is 0 Å². The van der Waals surface area contributed by atoms with Gasteiger partial charge in [0.2, 0.25) is 0 Å². The van der Waals surface area contributed by atoms with E-state index in [1.807, 2.05) is 0 Å². The average molecular weight is 1380 g/mol. The third-order valence-electron chi connectivity index (χ3n) is 18.2. The summed E-state index contributed by atoms with van der Waals surface area (Å²) < 4.78 is 0. The van der Waals surface area contributed by atoms with Crippen molar-refractivity contribution in [2.75, 3.05) is 0 Å². The molecule has 564 valence electrons. The first-order valence-electron chi connectivity index (χ1n) is 38.5. The number of allylic oxidation sites excluding steroid dienone is 2. The van der Waals surface area contributed by atoms with Crippen LogP contribution in [0.4, 0.5) is 0 Å². The lowest BCUT2D eigenvalue weighted by atomic mass is 9.75. The van der Waals surface area contributed by atoms with Crippen LogP contribution in [0.25, 0.3) is 21.5 Å². The molecular formula is C101H155N. The standard InChI is InChI=1S/2C18H24.3C14H22.C13H21N.C10H20/c1-17(2,3)15-9-7-13-8-10-16(18(4,5)6)12-14(13)11-15;1-17(2,3)14-11-7-9-13-10-8-12-15(16(13)14)18(4,5)6;1-13(2,3)11-7-9-12(10-8-11)14(4,5)6;1-13(2,3)11-8-7-9-12(10-11)14(4,5)6;1-13(2,3)11-9-7-8-10-12(11)14(4,5)6;1-12(2,3)10-8-7-9-11(14-10)13(4,5)6;1-9(2,3)7-8-10(4,5)6/h2*7-12H,1-6H3;3*7-10H,1-6H3;7-9H,1-6H3;7-8H,1-6H3/b;;;;;;8-7+. The Morgan fingerprint density at radius 3 is 0.686 bits per heavy atom. The van der Waals surface area contributed by atoms with Crippen molar-refractivity contribution in [3.8, 4) is 0 Å². The molecule has 0 unspecified atom stereocenters. The minimum Gasteiger partial charge on any atom is -0.257 e. The van der Waals surface area contributed by atoms with E-state index >= 15 is 0 Å². The predicted molar refractivity (Wildman–Crippen MR) is 464 cm³/mol. The highest BCUT2D eigenvalue weighted by molar-refractivity contribution is 5.90. The van der Waals surface area contributed by atoms with Gasteiger partial charge in [-0.1, -0.05) is 455 Å². The van der Waals surface area contributed by atoms with Gasteiger partial charge in [-0.05, 0) is 154 Å². The third kappa shape index (κ3) is 31.7. The molecule has 1 heterocycles. The van der Waals surface area contributed by atoms with Crippen LogP contribution in [0, 0.1) is 10.8 Å². The summed E-state index contributed by atoms with van der Waals surface area (Å²) in [4.78, 5) is 4.72. The SMILES string of the molecule is CC(C)(C)/C=C/C(C)(C)C.CC(C)(C)c1ccc(C(C)(C)C)cc1.CC(C)(C)c1ccc2ccc(C(C)(C)C)cc2c1.CC(C)(C)c1cccc(C(C)(C)C)c1.CC(C)(C)c1cccc(C(C)(C)C)n1.CC(C)(C)c1cccc2cccc(C(C)(C)C)c12.CC(C)(C)c1ccccc1C(C)(C)C. The minimum absolute atomic E-state index is 0.140. The van der Waals surface area contributed by atoms with E-state index in [-0.39, 0.29) is 65.0 Å². The smallest absolute Gasteiger partial charge is 0.0460 e. The second-order valence-corrected chi connectivity index (χ2v) is 43.7. The van der Waals surface area contributed by atoms with Crippen molar-refractivity contribution in [3.05, 3.63) is 243 Å². The molecule has 0 aliphatic rings. The van der Waals surface area contributed by atoms with Gasteiger partial charge in [0.05, 0.1) is 0 Å². The Bertz CT molecular complexity index is 3570. The van der Waals surface area contributed by atoms with Crippen LogP contribution in [0.3, 0.4) is 0 Å². The summed E-state index contributed by atoms with van der Waals surface area (Å²) in [6, 6.07) is 60.0. The van der Waals surface area contributed by atoms with Crippen LogP contribution in [0.15, 0.2) is 176 Å². The van der Waals surface area contributed by atoms with Crippen molar-refractivity contribution in [2.24, 2.45) is 10.8 Å². The lowest BCUT2D eigenvalue weighted by Gasteiger charge is -2.29. The molecule has 7 aromatic carbocycles. The number of fused-ring (bicyclic) bond motifs is 2. The highest BCUT2D eigenvalue weighted by Gasteiger charge is 2.27. The van der Waals surface area contributed by atoms with E-state index in [1.54, 1.807) is 0 Å². The molecular weight excluding hydrogens is 1230 g/mol. The first kappa shape index (κ1) is 92.0. The molecule has 1 heteroatoms. The molecule has 0 bridgehead atoms. The molecule has 1 nitrogen and oxygen atoms in total. The topological polar surface area (TPSA) is 12.9 Å². The minimum atomic E-state index is 0.140. The zero-order valence-electron chi connectivity index (χ0n) is 74.2. The van der Waals surface area contributed by atoms with Crippen molar-refractivity contribution in [3.63, 3.8) is 0 Å². The Kier molecular flexibility index (Phi) is 31.1. The zero-order valence-corrected chi connectivity index (χ0v) is 74.2. The van der Waals surface area contributed by atoms with Crippen LogP contribution in [-0.2, 0) is 65.0 Å². The van der Waals surface area contributed by atoms with E-state index in [0.29, 0.717) is 10.8 Å². The fraction of sp³-hybridized carbons (Fsp3) is 0.554. The van der Waals surface area contributed by atoms with Gasteiger partial charge in [0.1, 0.15) is 0 Å². The van der Waals surface area contributed by atoms with E-state index in [1.165, 1.54) is 88.6 Å². The zero-order chi connectivity index (χ0) is 79.5. The van der Waals surface area contributed by atoms with Crippen LogP contribution >= 0.6 is 0 Å². The van der Waals surface area contributed by atoms with Crippen LogP contribution in [0.2, 0.25) is 0 Å². The van der Waals surface area contributed by atoms with Crippen LogP contribution < -0.4 is 0 Å². The molecule has 8 aromatic rings. The number of hydrogen-bond donors (Lipinski definition) is 0. The number of pyridine rings is 1. The van der Waals surface area contributed by atoms with Crippen molar-refractivity contribution < 1.29 is 0 Å². The molecule has 0 atom stereocenters. The maximum Gasteiger partial charge on any atom is 0.0460 e. The van der Waals surface area contributed by atoms with Crippen LogP contribution in [0.1, 0.15) is 358 Å². The summed E-state index contributed by atoms with van der Waals surface area (Å²) in [5.74, 6) is 0. The number of aromatic nitrogens is 1. The van der Waals surface area contributed by atoms with E-state index in [2.05, 4.69) is 467 Å². The summed E-state index contributed by atoms with van der Waals surface area (Å²) in [5.41, 5.74) is 19.9. The highest BCUT2D eigenvalue weighted by Crippen LogP contribution is 2.39. The molecule has 102 heavy (non-hydrogen) atoms. The van der Waals surface area contributed by atoms with Gasteiger partial charge >= 0.3 is 0 Å². The average Bonchev–Trinajstić information content (AvgIpc) is 0.770. The lowest BCUT2D eigenvalue weighted by Crippen LogP contribution is -2.21. The van der Waals surface area contributed by atoms with Crippen molar-refractivity contribution in [2.45, 2.75) is 356 Å². The molecule has 0 spiro atoms. The normalized spacial score (nSPS) is 13.2.